The van der Waals surface area contributed by atoms with Gasteiger partial charge in [-0.3, -0.25) is 0 Å². The molecule has 0 fully saturated rings. The fourth-order valence-electron chi connectivity index (χ4n) is 2.06. The number of carbonyl (C=O) groups excluding carboxylic acids is 1. The number of aliphatic carboxylic acids is 1. The Balaban J connectivity index is 3.43. The zero-order valence-electron chi connectivity index (χ0n) is 15.2. The number of allylic oxidation sites excluding steroid dienone is 10. The van der Waals surface area contributed by atoms with E-state index in [1.54, 1.807) is 0 Å². The Morgan fingerprint density at radius 1 is 0.667 bits per heavy atom. The van der Waals surface area contributed by atoms with E-state index in [2.05, 4.69) is 67.7 Å². The Hall–Kier alpha value is -1.83. The van der Waals surface area contributed by atoms with E-state index in [4.69, 9.17) is 0 Å². The Bertz CT molecular complexity index is 425. The first-order valence-corrected chi connectivity index (χ1v) is 9.22. The summed E-state index contributed by atoms with van der Waals surface area (Å²) in [5, 5.41) is 10.2. The lowest BCUT2D eigenvalue weighted by atomic mass is 10.2. The summed E-state index contributed by atoms with van der Waals surface area (Å²) in [5.74, 6) is -0.949. The van der Waals surface area contributed by atoms with Gasteiger partial charge in [0.05, 0.1) is 0 Å². The Morgan fingerprint density at radius 2 is 1.12 bits per heavy atom. The van der Waals surface area contributed by atoms with E-state index >= 15 is 0 Å². The molecule has 0 aromatic rings. The molecule has 0 saturated heterocycles. The molecule has 0 atom stereocenters. The highest BCUT2D eigenvalue weighted by atomic mass is 16.4. The molecule has 0 rings (SSSR count). The maximum atomic E-state index is 10.2. The molecule has 0 aliphatic heterocycles. The van der Waals surface area contributed by atoms with Crippen LogP contribution in [-0.4, -0.2) is 5.97 Å². The van der Waals surface area contributed by atoms with Gasteiger partial charge in [-0.05, 0) is 64.2 Å². The molecule has 0 aliphatic rings. The van der Waals surface area contributed by atoms with Gasteiger partial charge in [0, 0.05) is 5.97 Å². The molecule has 0 N–H and O–H groups in total. The maximum Gasteiger partial charge on any atom is 0.0414 e. The zero-order chi connectivity index (χ0) is 17.7. The van der Waals surface area contributed by atoms with Gasteiger partial charge in [0.1, 0.15) is 0 Å². The van der Waals surface area contributed by atoms with Crippen LogP contribution in [0.4, 0.5) is 0 Å². The van der Waals surface area contributed by atoms with Crippen molar-refractivity contribution < 1.29 is 9.90 Å². The fourth-order valence-corrected chi connectivity index (χ4v) is 2.06. The molecule has 0 bridgehead atoms. The summed E-state index contributed by atoms with van der Waals surface area (Å²) < 4.78 is 0. The topological polar surface area (TPSA) is 40.1 Å². The summed E-state index contributed by atoms with van der Waals surface area (Å²) in [6.45, 7) is 2.16. The zero-order valence-corrected chi connectivity index (χ0v) is 15.2. The van der Waals surface area contributed by atoms with Gasteiger partial charge in [-0.1, -0.05) is 67.7 Å². The fraction of sp³-hybridized carbons (Fsp3) is 0.500. The highest BCUT2D eigenvalue weighted by molar-refractivity contribution is 5.64. The molecule has 0 aromatic carbocycles. The first kappa shape index (κ1) is 22.2. The summed E-state index contributed by atoms with van der Waals surface area (Å²) in [4.78, 5) is 10.2. The molecular formula is C22H33O2-. The van der Waals surface area contributed by atoms with E-state index in [-0.39, 0.29) is 6.42 Å². The van der Waals surface area contributed by atoms with Crippen molar-refractivity contribution >= 4 is 5.97 Å². The van der Waals surface area contributed by atoms with Gasteiger partial charge in [-0.15, -0.1) is 0 Å². The molecule has 2 heteroatoms. The summed E-state index contributed by atoms with van der Waals surface area (Å²) in [6.07, 6.45) is 31.0. The number of unbranched alkanes of at least 4 members (excludes halogenated alkanes) is 3. The van der Waals surface area contributed by atoms with Gasteiger partial charge in [-0.2, -0.15) is 0 Å². The SMILES string of the molecule is CC/C=C\CC/C=C\C/C=C\C/C=C\C/C=C\CCCCC(=O)[O-]. The van der Waals surface area contributed by atoms with Crippen LogP contribution in [0.1, 0.15) is 71.1 Å². The predicted molar refractivity (Wildman–Crippen MR) is 103 cm³/mol. The lowest BCUT2D eigenvalue weighted by Gasteiger charge is -1.98. The second-order valence-corrected chi connectivity index (χ2v) is 5.67. The number of hydrogen-bond acceptors (Lipinski definition) is 2. The molecule has 0 saturated carbocycles. The van der Waals surface area contributed by atoms with Gasteiger partial charge < -0.3 is 9.90 Å². The molecule has 0 unspecified atom stereocenters. The Morgan fingerprint density at radius 3 is 1.62 bits per heavy atom. The molecular weight excluding hydrogens is 296 g/mol. The van der Waals surface area contributed by atoms with Crippen LogP contribution < -0.4 is 5.11 Å². The van der Waals surface area contributed by atoms with Crippen molar-refractivity contribution in [1.82, 2.24) is 0 Å². The van der Waals surface area contributed by atoms with Crippen LogP contribution >= 0.6 is 0 Å². The minimum atomic E-state index is -0.949. The van der Waals surface area contributed by atoms with Crippen molar-refractivity contribution in [3.8, 4) is 0 Å². The summed E-state index contributed by atoms with van der Waals surface area (Å²) in [7, 11) is 0. The third-order valence-electron chi connectivity index (χ3n) is 3.39. The predicted octanol–water partition coefficient (Wildman–Crippen LogP) is 5.44. The van der Waals surface area contributed by atoms with Gasteiger partial charge in [0.25, 0.3) is 0 Å². The highest BCUT2D eigenvalue weighted by Gasteiger charge is 1.86. The summed E-state index contributed by atoms with van der Waals surface area (Å²) in [6, 6.07) is 0. The molecule has 0 spiro atoms. The van der Waals surface area contributed by atoms with E-state index in [0.29, 0.717) is 6.42 Å². The van der Waals surface area contributed by atoms with Gasteiger partial charge in [0.2, 0.25) is 0 Å². The van der Waals surface area contributed by atoms with E-state index in [1.165, 1.54) is 0 Å². The van der Waals surface area contributed by atoms with E-state index < -0.39 is 5.97 Å². The number of carbonyl (C=O) groups is 1. The first-order valence-electron chi connectivity index (χ1n) is 9.22. The van der Waals surface area contributed by atoms with Crippen molar-refractivity contribution in [2.24, 2.45) is 0 Å². The normalized spacial score (nSPS) is 12.7. The van der Waals surface area contributed by atoms with Gasteiger partial charge in [0.15, 0.2) is 0 Å². The van der Waals surface area contributed by atoms with Crippen LogP contribution in [-0.2, 0) is 4.79 Å². The van der Waals surface area contributed by atoms with Gasteiger partial charge >= 0.3 is 0 Å². The van der Waals surface area contributed by atoms with Crippen LogP contribution in [0.25, 0.3) is 0 Å². The molecule has 2 nitrogen and oxygen atoms in total. The van der Waals surface area contributed by atoms with Crippen molar-refractivity contribution in [2.75, 3.05) is 0 Å². The monoisotopic (exact) mass is 329 g/mol. The second kappa shape index (κ2) is 19.2. The van der Waals surface area contributed by atoms with Crippen molar-refractivity contribution in [3.05, 3.63) is 60.8 Å². The minimum Gasteiger partial charge on any atom is -0.550 e. The smallest absolute Gasteiger partial charge is 0.0414 e. The number of carboxylic acid groups (broad SMARTS) is 1. The lowest BCUT2D eigenvalue weighted by Crippen LogP contribution is -2.21. The van der Waals surface area contributed by atoms with Crippen molar-refractivity contribution in [3.63, 3.8) is 0 Å². The second-order valence-electron chi connectivity index (χ2n) is 5.67. The van der Waals surface area contributed by atoms with Crippen LogP contribution in [0.15, 0.2) is 60.8 Å². The number of carboxylic acids is 1. The van der Waals surface area contributed by atoms with Crippen LogP contribution in [0.2, 0.25) is 0 Å². The largest absolute Gasteiger partial charge is 0.550 e. The third-order valence-corrected chi connectivity index (χ3v) is 3.39. The summed E-state index contributed by atoms with van der Waals surface area (Å²) >= 11 is 0. The van der Waals surface area contributed by atoms with Crippen LogP contribution in [0, 0.1) is 0 Å². The Labute approximate surface area is 148 Å². The van der Waals surface area contributed by atoms with Crippen LogP contribution in [0.5, 0.6) is 0 Å². The maximum absolute atomic E-state index is 10.2. The number of hydrogen-bond donors (Lipinski definition) is 0. The third kappa shape index (κ3) is 20.2. The Kier molecular flexibility index (Phi) is 17.8. The average Bonchev–Trinajstić information content (AvgIpc) is 2.56. The highest BCUT2D eigenvalue weighted by Crippen LogP contribution is 2.01. The molecule has 24 heavy (non-hydrogen) atoms. The quantitative estimate of drug-likeness (QED) is 0.296. The van der Waals surface area contributed by atoms with E-state index in [1.807, 2.05) is 0 Å². The standard InChI is InChI=1S/C22H34O2/c1-2-3-4-5-6-7-8-9-10-11-12-13-14-15-16-17-18-19-20-21-22(23)24/h3-4,7-8,10-11,13-14,16-17H,2,5-6,9,12,15,18-21H2,1H3,(H,23,24)/p-1/b4-3-,8-7-,11-10-,14-13-,17-16-. The van der Waals surface area contributed by atoms with E-state index in [0.717, 1.165) is 51.4 Å². The molecule has 0 amide bonds. The molecule has 0 heterocycles. The molecule has 0 radical (unpaired) electrons. The van der Waals surface area contributed by atoms with Crippen molar-refractivity contribution in [1.29, 1.82) is 0 Å². The minimum absolute atomic E-state index is 0.172. The average molecular weight is 330 g/mol. The van der Waals surface area contributed by atoms with E-state index in [9.17, 15) is 9.90 Å². The van der Waals surface area contributed by atoms with Crippen LogP contribution in [0.3, 0.4) is 0 Å². The summed E-state index contributed by atoms with van der Waals surface area (Å²) in [5.41, 5.74) is 0. The lowest BCUT2D eigenvalue weighted by molar-refractivity contribution is -0.305. The van der Waals surface area contributed by atoms with Gasteiger partial charge in [-0.25, -0.2) is 0 Å². The first-order chi connectivity index (χ1) is 11.8. The number of rotatable bonds is 15. The van der Waals surface area contributed by atoms with Crippen molar-refractivity contribution in [2.45, 2.75) is 71.1 Å². The molecule has 0 aliphatic carbocycles. The molecule has 134 valence electrons. The molecule has 0 aromatic heterocycles.